The monoisotopic (exact) mass is 448 g/mol. The van der Waals surface area contributed by atoms with Gasteiger partial charge in [-0.3, -0.25) is 4.31 Å². The summed E-state index contributed by atoms with van der Waals surface area (Å²) in [5, 5.41) is 0. The molecule has 0 radical (unpaired) electrons. The second-order valence-corrected chi connectivity index (χ2v) is 10.4. The summed E-state index contributed by atoms with van der Waals surface area (Å²) in [5.41, 5.74) is 2.15. The van der Waals surface area contributed by atoms with Crippen molar-refractivity contribution in [2.75, 3.05) is 30.5 Å². The quantitative estimate of drug-likeness (QED) is 0.450. The zero-order valence-electron chi connectivity index (χ0n) is 18.5. The van der Waals surface area contributed by atoms with E-state index < -0.39 is 10.0 Å². The second-order valence-electron chi connectivity index (χ2n) is 8.55. The van der Waals surface area contributed by atoms with Crippen LogP contribution in [0.4, 0.5) is 5.69 Å². The lowest BCUT2D eigenvalue weighted by Gasteiger charge is -2.33. The number of likely N-dealkylation sites (tertiary alicyclic amines) is 1. The van der Waals surface area contributed by atoms with Crippen molar-refractivity contribution in [3.8, 4) is 0 Å². The van der Waals surface area contributed by atoms with E-state index in [1.807, 2.05) is 36.4 Å². The summed E-state index contributed by atoms with van der Waals surface area (Å²) in [6, 6.07) is 28.9. The van der Waals surface area contributed by atoms with Crippen molar-refractivity contribution in [2.24, 2.45) is 5.92 Å². The van der Waals surface area contributed by atoms with Crippen molar-refractivity contribution < 1.29 is 8.42 Å². The molecule has 1 aliphatic rings. The summed E-state index contributed by atoms with van der Waals surface area (Å²) < 4.78 is 28.2. The Morgan fingerprint density at radius 3 is 1.97 bits per heavy atom. The van der Waals surface area contributed by atoms with E-state index in [0.717, 1.165) is 44.1 Å². The molecule has 4 rings (SSSR count). The molecule has 3 aromatic carbocycles. The van der Waals surface area contributed by atoms with Crippen LogP contribution in [0.5, 0.6) is 0 Å². The van der Waals surface area contributed by atoms with Crippen LogP contribution >= 0.6 is 0 Å². The van der Waals surface area contributed by atoms with Gasteiger partial charge in [0, 0.05) is 6.54 Å². The van der Waals surface area contributed by atoms with Gasteiger partial charge in [-0.05, 0) is 81.1 Å². The van der Waals surface area contributed by atoms with Gasteiger partial charge in [0.05, 0.1) is 10.6 Å². The maximum absolute atomic E-state index is 13.3. The minimum Gasteiger partial charge on any atom is -0.303 e. The molecule has 0 bridgehead atoms. The van der Waals surface area contributed by atoms with Gasteiger partial charge in [0.2, 0.25) is 0 Å². The lowest BCUT2D eigenvalue weighted by Crippen LogP contribution is -2.38. The third kappa shape index (κ3) is 5.78. The molecule has 32 heavy (non-hydrogen) atoms. The summed E-state index contributed by atoms with van der Waals surface area (Å²) in [6.07, 6.45) is 4.38. The highest BCUT2D eigenvalue weighted by molar-refractivity contribution is 7.92. The van der Waals surface area contributed by atoms with Crippen molar-refractivity contribution in [2.45, 2.75) is 30.6 Å². The Bertz CT molecular complexity index is 1050. The summed E-state index contributed by atoms with van der Waals surface area (Å²) in [4.78, 5) is 2.82. The van der Waals surface area contributed by atoms with Gasteiger partial charge in [0.25, 0.3) is 10.0 Å². The van der Waals surface area contributed by atoms with Crippen molar-refractivity contribution in [1.82, 2.24) is 4.90 Å². The molecule has 0 atom stereocenters. The normalized spacial score (nSPS) is 15.5. The number of hydrogen-bond acceptors (Lipinski definition) is 3. The molecule has 4 nitrogen and oxygen atoms in total. The Labute approximate surface area is 192 Å². The van der Waals surface area contributed by atoms with Crippen molar-refractivity contribution in [3.63, 3.8) is 0 Å². The first-order valence-electron chi connectivity index (χ1n) is 11.5. The predicted molar refractivity (Wildman–Crippen MR) is 131 cm³/mol. The second kappa shape index (κ2) is 10.8. The number of rotatable bonds is 9. The third-order valence-electron chi connectivity index (χ3n) is 6.29. The SMILES string of the molecule is O=S(=O)(c1ccccc1)N(CCCN1CCC(Cc2ccccc2)CC1)c1ccccc1. The topological polar surface area (TPSA) is 40.6 Å². The number of hydrogen-bond donors (Lipinski definition) is 0. The molecule has 1 fully saturated rings. The lowest BCUT2D eigenvalue weighted by atomic mass is 9.90. The Morgan fingerprint density at radius 1 is 0.781 bits per heavy atom. The summed E-state index contributed by atoms with van der Waals surface area (Å²) in [5.74, 6) is 0.743. The molecular weight excluding hydrogens is 416 g/mol. The maximum Gasteiger partial charge on any atom is 0.264 e. The number of piperidine rings is 1. The number of benzene rings is 3. The van der Waals surface area contributed by atoms with Gasteiger partial charge < -0.3 is 4.90 Å². The van der Waals surface area contributed by atoms with Crippen molar-refractivity contribution >= 4 is 15.7 Å². The molecule has 5 heteroatoms. The molecule has 0 unspecified atom stereocenters. The van der Waals surface area contributed by atoms with Crippen LogP contribution in [-0.2, 0) is 16.4 Å². The molecular formula is C27H32N2O2S. The van der Waals surface area contributed by atoms with Crippen LogP contribution in [0.25, 0.3) is 0 Å². The van der Waals surface area contributed by atoms with Gasteiger partial charge in [0.1, 0.15) is 0 Å². The third-order valence-corrected chi connectivity index (χ3v) is 8.13. The van der Waals surface area contributed by atoms with Crippen LogP contribution in [0, 0.1) is 5.92 Å². The van der Waals surface area contributed by atoms with Gasteiger partial charge >= 0.3 is 0 Å². The largest absolute Gasteiger partial charge is 0.303 e. The van der Waals surface area contributed by atoms with Crippen LogP contribution in [0.3, 0.4) is 0 Å². The van der Waals surface area contributed by atoms with E-state index in [9.17, 15) is 8.42 Å². The molecule has 0 aromatic heterocycles. The van der Waals surface area contributed by atoms with Crippen molar-refractivity contribution in [1.29, 1.82) is 0 Å². The zero-order valence-corrected chi connectivity index (χ0v) is 19.3. The molecule has 3 aromatic rings. The Morgan fingerprint density at radius 2 is 1.34 bits per heavy atom. The van der Waals surface area contributed by atoms with E-state index in [1.165, 1.54) is 18.4 Å². The Kier molecular flexibility index (Phi) is 7.61. The zero-order chi connectivity index (χ0) is 22.2. The maximum atomic E-state index is 13.3. The highest BCUT2D eigenvalue weighted by atomic mass is 32.2. The predicted octanol–water partition coefficient (Wildman–Crippen LogP) is 5.23. The van der Waals surface area contributed by atoms with Gasteiger partial charge in [-0.15, -0.1) is 0 Å². The molecule has 168 valence electrons. The van der Waals surface area contributed by atoms with Crippen LogP contribution in [0.15, 0.2) is 95.9 Å². The number of para-hydroxylation sites is 1. The van der Waals surface area contributed by atoms with Crippen LogP contribution in [-0.4, -0.2) is 39.5 Å². The van der Waals surface area contributed by atoms with Crippen LogP contribution < -0.4 is 4.31 Å². The van der Waals surface area contributed by atoms with E-state index in [0.29, 0.717) is 11.4 Å². The summed E-state index contributed by atoms with van der Waals surface area (Å²) in [6.45, 7) is 3.58. The van der Waals surface area contributed by atoms with E-state index in [1.54, 1.807) is 28.6 Å². The molecule has 0 amide bonds. The Hall–Kier alpha value is -2.63. The highest BCUT2D eigenvalue weighted by Crippen LogP contribution is 2.25. The fourth-order valence-corrected chi connectivity index (χ4v) is 6.03. The van der Waals surface area contributed by atoms with Gasteiger partial charge in [-0.25, -0.2) is 8.42 Å². The minimum atomic E-state index is -3.59. The lowest BCUT2D eigenvalue weighted by molar-refractivity contribution is 0.183. The molecule has 0 spiro atoms. The molecule has 1 heterocycles. The standard InChI is InChI=1S/C27H32N2O2S/c30-32(31,27-15-8-3-9-16-27)29(26-13-6-2-7-14-26)20-10-19-28-21-17-25(18-22-28)23-24-11-4-1-5-12-24/h1-9,11-16,25H,10,17-23H2. The number of anilines is 1. The molecule has 0 aliphatic carbocycles. The molecule has 0 saturated carbocycles. The minimum absolute atomic E-state index is 0.338. The van der Waals surface area contributed by atoms with Crippen LogP contribution in [0.1, 0.15) is 24.8 Å². The first kappa shape index (κ1) is 22.6. The first-order chi connectivity index (χ1) is 15.6. The number of nitrogens with zero attached hydrogens (tertiary/aromatic N) is 2. The van der Waals surface area contributed by atoms with Gasteiger partial charge in [-0.2, -0.15) is 0 Å². The van der Waals surface area contributed by atoms with Gasteiger partial charge in [-0.1, -0.05) is 66.7 Å². The van der Waals surface area contributed by atoms with E-state index in [4.69, 9.17) is 0 Å². The van der Waals surface area contributed by atoms with Crippen molar-refractivity contribution in [3.05, 3.63) is 96.6 Å². The summed E-state index contributed by atoms with van der Waals surface area (Å²) in [7, 11) is -3.59. The molecule has 1 aliphatic heterocycles. The van der Waals surface area contributed by atoms with E-state index in [2.05, 4.69) is 35.2 Å². The highest BCUT2D eigenvalue weighted by Gasteiger charge is 2.25. The molecule has 0 N–H and O–H groups in total. The number of sulfonamides is 1. The van der Waals surface area contributed by atoms with Crippen LogP contribution in [0.2, 0.25) is 0 Å². The van der Waals surface area contributed by atoms with E-state index >= 15 is 0 Å². The van der Waals surface area contributed by atoms with E-state index in [-0.39, 0.29) is 0 Å². The Balaban J connectivity index is 1.33. The fourth-order valence-electron chi connectivity index (χ4n) is 4.50. The smallest absolute Gasteiger partial charge is 0.264 e. The average Bonchev–Trinajstić information content (AvgIpc) is 2.84. The molecule has 1 saturated heterocycles. The van der Waals surface area contributed by atoms with Gasteiger partial charge in [0.15, 0.2) is 0 Å². The summed E-state index contributed by atoms with van der Waals surface area (Å²) >= 11 is 0. The first-order valence-corrected chi connectivity index (χ1v) is 13.0. The fraction of sp³-hybridized carbons (Fsp3) is 0.333. The average molecular weight is 449 g/mol.